The lowest BCUT2D eigenvalue weighted by Crippen LogP contribution is -2.29. The van der Waals surface area contributed by atoms with Crippen molar-refractivity contribution in [2.24, 2.45) is 11.6 Å². The van der Waals surface area contributed by atoms with Gasteiger partial charge in [-0.1, -0.05) is 0 Å². The highest BCUT2D eigenvalue weighted by Crippen LogP contribution is 2.08. The second kappa shape index (κ2) is 7.13. The average Bonchev–Trinajstić information content (AvgIpc) is 2.20. The molecule has 6 nitrogen and oxygen atoms in total. The van der Waals surface area contributed by atoms with Crippen LogP contribution in [0.5, 0.6) is 0 Å². The van der Waals surface area contributed by atoms with E-state index >= 15 is 0 Å². The largest absolute Gasteiger partial charge is 0.458 e. The predicted molar refractivity (Wildman–Crippen MR) is 65.5 cm³/mol. The predicted octanol–water partition coefficient (Wildman–Crippen LogP) is 0.387. The van der Waals surface area contributed by atoms with E-state index in [0.29, 0.717) is 12.1 Å². The van der Waals surface area contributed by atoms with Crippen LogP contribution in [0.25, 0.3) is 0 Å². The molecule has 0 saturated carbocycles. The standard InChI is InChI=1S/C11H23N3O3/c1-8(5-9(6-12)14-13)16-7-10(15)17-11(2,3)4/h6,8,14H,5,7,12-13H2,1-4H3/b9-6-. The molecule has 0 heterocycles. The van der Waals surface area contributed by atoms with Crippen molar-refractivity contribution in [1.29, 1.82) is 0 Å². The fourth-order valence-corrected chi connectivity index (χ4v) is 1.12. The van der Waals surface area contributed by atoms with E-state index in [1.54, 1.807) is 0 Å². The van der Waals surface area contributed by atoms with Crippen molar-refractivity contribution in [3.05, 3.63) is 11.9 Å². The smallest absolute Gasteiger partial charge is 0.332 e. The van der Waals surface area contributed by atoms with E-state index in [1.165, 1.54) is 6.20 Å². The van der Waals surface area contributed by atoms with E-state index in [2.05, 4.69) is 5.43 Å². The van der Waals surface area contributed by atoms with Crippen LogP contribution in [0.15, 0.2) is 11.9 Å². The number of hydrazine groups is 1. The summed E-state index contributed by atoms with van der Waals surface area (Å²) >= 11 is 0. The van der Waals surface area contributed by atoms with E-state index in [1.807, 2.05) is 27.7 Å². The van der Waals surface area contributed by atoms with E-state index in [9.17, 15) is 4.79 Å². The van der Waals surface area contributed by atoms with Crippen LogP contribution in [0.2, 0.25) is 0 Å². The van der Waals surface area contributed by atoms with Crippen LogP contribution in [0, 0.1) is 0 Å². The molecule has 0 aliphatic carbocycles. The number of hydrogen-bond acceptors (Lipinski definition) is 6. The summed E-state index contributed by atoms with van der Waals surface area (Å²) in [5.41, 5.74) is 7.93. The van der Waals surface area contributed by atoms with E-state index in [-0.39, 0.29) is 18.7 Å². The van der Waals surface area contributed by atoms with Gasteiger partial charge in [-0.05, 0) is 27.7 Å². The summed E-state index contributed by atoms with van der Waals surface area (Å²) in [6, 6.07) is 0. The molecular weight excluding hydrogens is 222 g/mol. The quantitative estimate of drug-likeness (QED) is 0.355. The van der Waals surface area contributed by atoms with Gasteiger partial charge >= 0.3 is 5.97 Å². The van der Waals surface area contributed by atoms with Crippen molar-refractivity contribution < 1.29 is 14.3 Å². The lowest BCUT2D eigenvalue weighted by molar-refractivity contribution is -0.161. The van der Waals surface area contributed by atoms with Gasteiger partial charge in [0.05, 0.1) is 6.10 Å². The lowest BCUT2D eigenvalue weighted by atomic mass is 10.2. The Morgan fingerprint density at radius 1 is 1.47 bits per heavy atom. The van der Waals surface area contributed by atoms with Gasteiger partial charge < -0.3 is 20.6 Å². The SMILES string of the molecule is CC(C/C(=C/N)NN)OCC(=O)OC(C)(C)C. The molecule has 100 valence electrons. The Morgan fingerprint density at radius 3 is 2.47 bits per heavy atom. The molecule has 5 N–H and O–H groups in total. The first kappa shape index (κ1) is 15.7. The minimum atomic E-state index is -0.495. The number of carbonyl (C=O) groups excluding carboxylic acids is 1. The van der Waals surface area contributed by atoms with E-state index in [4.69, 9.17) is 21.1 Å². The third-order valence-corrected chi connectivity index (χ3v) is 1.80. The normalized spacial score (nSPS) is 14.3. The molecule has 0 aliphatic heterocycles. The van der Waals surface area contributed by atoms with Gasteiger partial charge in [-0.3, -0.25) is 5.84 Å². The summed E-state index contributed by atoms with van der Waals surface area (Å²) in [7, 11) is 0. The third kappa shape index (κ3) is 8.53. The Hall–Kier alpha value is -1.27. The first-order valence-corrected chi connectivity index (χ1v) is 5.49. The molecule has 0 amide bonds. The molecule has 0 aromatic rings. The Labute approximate surface area is 102 Å². The van der Waals surface area contributed by atoms with Crippen molar-refractivity contribution in [3.63, 3.8) is 0 Å². The van der Waals surface area contributed by atoms with Crippen LogP contribution < -0.4 is 17.0 Å². The zero-order valence-corrected chi connectivity index (χ0v) is 10.9. The number of esters is 1. The number of nitrogens with two attached hydrogens (primary N) is 2. The molecule has 0 spiro atoms. The maximum Gasteiger partial charge on any atom is 0.332 e. The second-order valence-corrected chi connectivity index (χ2v) is 4.75. The van der Waals surface area contributed by atoms with Gasteiger partial charge in [-0.15, -0.1) is 0 Å². The maximum absolute atomic E-state index is 11.4. The minimum absolute atomic E-state index is 0.0825. The van der Waals surface area contributed by atoms with Crippen molar-refractivity contribution in [2.45, 2.75) is 45.8 Å². The fourth-order valence-electron chi connectivity index (χ4n) is 1.12. The van der Waals surface area contributed by atoms with Crippen LogP contribution in [-0.2, 0) is 14.3 Å². The zero-order chi connectivity index (χ0) is 13.5. The average molecular weight is 245 g/mol. The highest BCUT2D eigenvalue weighted by Gasteiger charge is 2.17. The van der Waals surface area contributed by atoms with Crippen LogP contribution in [0.3, 0.4) is 0 Å². The van der Waals surface area contributed by atoms with Gasteiger partial charge in [0.1, 0.15) is 12.2 Å². The van der Waals surface area contributed by atoms with E-state index < -0.39 is 5.60 Å². The lowest BCUT2D eigenvalue weighted by Gasteiger charge is -2.20. The van der Waals surface area contributed by atoms with Gasteiger partial charge in [0.2, 0.25) is 0 Å². The molecule has 0 saturated heterocycles. The summed E-state index contributed by atoms with van der Waals surface area (Å²) in [6.07, 6.45) is 1.71. The van der Waals surface area contributed by atoms with Crippen molar-refractivity contribution >= 4 is 5.97 Å². The molecule has 6 heteroatoms. The molecular formula is C11H23N3O3. The number of carbonyl (C=O) groups is 1. The van der Waals surface area contributed by atoms with Crippen LogP contribution >= 0.6 is 0 Å². The number of nitrogens with one attached hydrogen (secondary N) is 1. The zero-order valence-electron chi connectivity index (χ0n) is 10.9. The number of ether oxygens (including phenoxy) is 2. The maximum atomic E-state index is 11.4. The van der Waals surface area contributed by atoms with Gasteiger partial charge in [0.25, 0.3) is 0 Å². The summed E-state index contributed by atoms with van der Waals surface area (Å²) in [4.78, 5) is 11.4. The highest BCUT2D eigenvalue weighted by molar-refractivity contribution is 5.71. The molecule has 0 aromatic heterocycles. The molecule has 17 heavy (non-hydrogen) atoms. The van der Waals surface area contributed by atoms with Crippen molar-refractivity contribution in [1.82, 2.24) is 5.43 Å². The molecule has 0 bridgehead atoms. The minimum Gasteiger partial charge on any atom is -0.458 e. The first-order chi connectivity index (χ1) is 7.78. The summed E-state index contributed by atoms with van der Waals surface area (Å²) in [5.74, 6) is 4.84. The highest BCUT2D eigenvalue weighted by atomic mass is 16.6. The molecule has 0 aromatic carbocycles. The van der Waals surface area contributed by atoms with Crippen LogP contribution in [0.1, 0.15) is 34.1 Å². The Morgan fingerprint density at radius 2 is 2.06 bits per heavy atom. The number of hydrogen-bond donors (Lipinski definition) is 3. The van der Waals surface area contributed by atoms with Gasteiger partial charge in [0, 0.05) is 18.3 Å². The summed E-state index contributed by atoms with van der Waals surface area (Å²) < 4.78 is 10.4. The third-order valence-electron chi connectivity index (χ3n) is 1.80. The second-order valence-electron chi connectivity index (χ2n) is 4.75. The van der Waals surface area contributed by atoms with Gasteiger partial charge in [-0.2, -0.15) is 0 Å². The van der Waals surface area contributed by atoms with Gasteiger partial charge in [-0.25, -0.2) is 4.79 Å². The van der Waals surface area contributed by atoms with E-state index in [0.717, 1.165) is 0 Å². The van der Waals surface area contributed by atoms with Crippen molar-refractivity contribution in [3.8, 4) is 0 Å². The Bertz CT molecular complexity index is 272. The van der Waals surface area contributed by atoms with Crippen LogP contribution in [-0.4, -0.2) is 24.3 Å². The number of rotatable bonds is 6. The fraction of sp³-hybridized carbons (Fsp3) is 0.727. The monoisotopic (exact) mass is 245 g/mol. The molecule has 0 radical (unpaired) electrons. The van der Waals surface area contributed by atoms with Gasteiger partial charge in [0.15, 0.2) is 0 Å². The molecule has 0 fully saturated rings. The van der Waals surface area contributed by atoms with Crippen molar-refractivity contribution in [2.75, 3.05) is 6.61 Å². The van der Waals surface area contributed by atoms with Crippen LogP contribution in [0.4, 0.5) is 0 Å². The Balaban J connectivity index is 3.92. The molecule has 1 unspecified atom stereocenters. The topological polar surface area (TPSA) is 99.6 Å². The summed E-state index contributed by atoms with van der Waals surface area (Å²) in [6.45, 7) is 7.16. The first-order valence-electron chi connectivity index (χ1n) is 5.49. The molecule has 1 atom stereocenters. The Kier molecular flexibility index (Phi) is 6.60. The molecule has 0 rings (SSSR count). The molecule has 0 aliphatic rings. The summed E-state index contributed by atoms with van der Waals surface area (Å²) in [5, 5.41) is 0.